The number of rotatable bonds is 8. The van der Waals surface area contributed by atoms with E-state index in [0.717, 1.165) is 17.1 Å². The van der Waals surface area contributed by atoms with E-state index in [1.54, 1.807) is 0 Å². The second-order valence-corrected chi connectivity index (χ2v) is 16.8. The van der Waals surface area contributed by atoms with Crippen LogP contribution in [0, 0.1) is 0 Å². The minimum Gasteiger partial charge on any atom is -0.310 e. The summed E-state index contributed by atoms with van der Waals surface area (Å²) in [4.78, 5) is 2.42. The maximum atomic E-state index is 2.42. The summed E-state index contributed by atoms with van der Waals surface area (Å²) in [6.45, 7) is 0. The average Bonchev–Trinajstić information content (AvgIpc) is 3.68. The molecule has 64 heavy (non-hydrogen) atoms. The van der Waals surface area contributed by atoms with Gasteiger partial charge in [-0.25, -0.2) is 0 Å². The van der Waals surface area contributed by atoms with Crippen molar-refractivity contribution >= 4 is 38.6 Å². The summed E-state index contributed by atoms with van der Waals surface area (Å²) in [7, 11) is 0. The van der Waals surface area contributed by atoms with E-state index in [-0.39, 0.29) is 0 Å². The van der Waals surface area contributed by atoms with Crippen LogP contribution in [0.15, 0.2) is 261 Å². The Morgan fingerprint density at radius 2 is 0.812 bits per heavy atom. The van der Waals surface area contributed by atoms with Crippen LogP contribution < -0.4 is 4.90 Å². The fourth-order valence-corrected chi connectivity index (χ4v) is 10.4. The molecule has 1 aliphatic carbocycles. The largest absolute Gasteiger partial charge is 0.310 e. The van der Waals surface area contributed by atoms with Gasteiger partial charge in [0.2, 0.25) is 0 Å². The van der Waals surface area contributed by atoms with Crippen molar-refractivity contribution in [3.8, 4) is 44.5 Å². The van der Waals surface area contributed by atoms with Crippen LogP contribution in [0.2, 0.25) is 0 Å². The molecule has 0 aliphatic heterocycles. The molecule has 12 rings (SSSR count). The van der Waals surface area contributed by atoms with Crippen LogP contribution in [0.25, 0.3) is 66.1 Å². The van der Waals surface area contributed by atoms with Crippen LogP contribution in [-0.2, 0) is 5.41 Å². The maximum absolute atomic E-state index is 2.42. The zero-order chi connectivity index (χ0) is 42.5. The van der Waals surface area contributed by atoms with Gasteiger partial charge in [-0.3, -0.25) is 0 Å². The molecular weight excluding hydrogens is 771 g/mol. The monoisotopic (exact) mass is 813 g/mol. The summed E-state index contributed by atoms with van der Waals surface area (Å²) in [5.74, 6) is 0. The molecule has 1 heteroatoms. The van der Waals surface area contributed by atoms with Crippen LogP contribution in [0.1, 0.15) is 22.3 Å². The third-order valence-electron chi connectivity index (χ3n) is 13.3. The van der Waals surface area contributed by atoms with E-state index in [1.807, 2.05) is 0 Å². The molecule has 0 atom stereocenters. The summed E-state index contributed by atoms with van der Waals surface area (Å²) < 4.78 is 0. The molecule has 11 aromatic rings. The highest BCUT2D eigenvalue weighted by molar-refractivity contribution is 6.00. The summed E-state index contributed by atoms with van der Waals surface area (Å²) in [5, 5.41) is 4.93. The second-order valence-electron chi connectivity index (χ2n) is 16.8. The lowest BCUT2D eigenvalue weighted by atomic mass is 9.67. The zero-order valence-electron chi connectivity index (χ0n) is 35.3. The van der Waals surface area contributed by atoms with Crippen molar-refractivity contribution in [3.05, 3.63) is 283 Å². The molecule has 0 bridgehead atoms. The van der Waals surface area contributed by atoms with Crippen LogP contribution in [-0.4, -0.2) is 0 Å². The molecule has 0 heterocycles. The topological polar surface area (TPSA) is 3.24 Å². The number of nitrogens with zero attached hydrogens (tertiary/aromatic N) is 1. The first-order chi connectivity index (χ1) is 31.7. The Labute approximate surface area is 374 Å². The van der Waals surface area contributed by atoms with Gasteiger partial charge in [0.05, 0.1) is 11.1 Å². The number of benzene rings is 11. The maximum Gasteiger partial charge on any atom is 0.0713 e. The summed E-state index contributed by atoms with van der Waals surface area (Å²) >= 11 is 0. The van der Waals surface area contributed by atoms with Crippen molar-refractivity contribution in [1.82, 2.24) is 0 Å². The molecule has 300 valence electrons. The molecule has 11 aromatic carbocycles. The highest BCUT2D eigenvalue weighted by Crippen LogP contribution is 2.58. The molecule has 0 fully saturated rings. The molecule has 0 unspecified atom stereocenters. The Balaban J connectivity index is 0.974. The van der Waals surface area contributed by atoms with E-state index in [2.05, 4.69) is 266 Å². The standard InChI is InChI=1S/C63H43N/c1-3-21-52(22-4-1)63(53-23-5-2-6-24-53)59-29-12-11-27-58(59)62-57(28-15-30-60(62)63)51-20-13-25-55(43-51)64(61-31-14-19-48-17-9-10-26-56(48)61)54-40-38-46(39-41-54)45-32-34-47(35-33-45)50-37-36-44-16-7-8-18-49(44)42-50/h1-43H. The molecule has 0 N–H and O–H groups in total. The highest BCUT2D eigenvalue weighted by Gasteiger charge is 2.46. The van der Waals surface area contributed by atoms with Gasteiger partial charge in [-0.15, -0.1) is 0 Å². The first kappa shape index (κ1) is 37.5. The van der Waals surface area contributed by atoms with Gasteiger partial charge < -0.3 is 4.90 Å². The first-order valence-electron chi connectivity index (χ1n) is 22.2. The number of anilines is 3. The van der Waals surface area contributed by atoms with E-state index in [1.165, 1.54) is 88.3 Å². The van der Waals surface area contributed by atoms with Gasteiger partial charge in [-0.1, -0.05) is 224 Å². The predicted molar refractivity (Wildman–Crippen MR) is 270 cm³/mol. The summed E-state index contributed by atoms with van der Waals surface area (Å²) in [5.41, 5.74) is 17.8. The molecular formula is C63H43N. The van der Waals surface area contributed by atoms with Crippen molar-refractivity contribution < 1.29 is 0 Å². The molecule has 0 radical (unpaired) electrons. The van der Waals surface area contributed by atoms with Gasteiger partial charge in [-0.2, -0.15) is 0 Å². The molecule has 1 nitrogen and oxygen atoms in total. The quantitative estimate of drug-likeness (QED) is 0.148. The highest BCUT2D eigenvalue weighted by atomic mass is 15.1. The lowest BCUT2D eigenvalue weighted by Crippen LogP contribution is -2.28. The van der Waals surface area contributed by atoms with E-state index >= 15 is 0 Å². The normalized spacial score (nSPS) is 12.5. The second kappa shape index (κ2) is 15.6. The molecule has 0 aromatic heterocycles. The third-order valence-corrected chi connectivity index (χ3v) is 13.3. The molecule has 0 spiro atoms. The predicted octanol–water partition coefficient (Wildman–Crippen LogP) is 16.8. The Morgan fingerprint density at radius 1 is 0.281 bits per heavy atom. The Hall–Kier alpha value is -8.26. The molecule has 0 amide bonds. The van der Waals surface area contributed by atoms with Crippen molar-refractivity contribution in [2.24, 2.45) is 0 Å². The zero-order valence-corrected chi connectivity index (χ0v) is 35.3. The third kappa shape index (κ3) is 6.16. The van der Waals surface area contributed by atoms with Gasteiger partial charge in [0.1, 0.15) is 0 Å². The molecule has 0 saturated heterocycles. The first-order valence-corrected chi connectivity index (χ1v) is 22.2. The van der Waals surface area contributed by atoms with E-state index in [9.17, 15) is 0 Å². The lowest BCUT2D eigenvalue weighted by molar-refractivity contribution is 0.768. The van der Waals surface area contributed by atoms with Crippen molar-refractivity contribution in [2.75, 3.05) is 4.90 Å². The lowest BCUT2D eigenvalue weighted by Gasteiger charge is -2.34. The van der Waals surface area contributed by atoms with Crippen molar-refractivity contribution in [2.45, 2.75) is 5.41 Å². The van der Waals surface area contributed by atoms with Gasteiger partial charge in [0, 0.05) is 16.8 Å². The Bertz CT molecular complexity index is 3430. The number of hydrogen-bond donors (Lipinski definition) is 0. The van der Waals surface area contributed by atoms with Gasteiger partial charge in [0.15, 0.2) is 0 Å². The van der Waals surface area contributed by atoms with Gasteiger partial charge >= 0.3 is 0 Å². The average molecular weight is 814 g/mol. The van der Waals surface area contributed by atoms with E-state index < -0.39 is 5.41 Å². The fraction of sp³-hybridized carbons (Fsp3) is 0.0159. The van der Waals surface area contributed by atoms with E-state index in [4.69, 9.17) is 0 Å². The van der Waals surface area contributed by atoms with Crippen LogP contribution in [0.5, 0.6) is 0 Å². The fourth-order valence-electron chi connectivity index (χ4n) is 10.4. The van der Waals surface area contributed by atoms with E-state index in [0.29, 0.717) is 0 Å². The van der Waals surface area contributed by atoms with Crippen molar-refractivity contribution in [1.29, 1.82) is 0 Å². The Morgan fingerprint density at radius 3 is 1.56 bits per heavy atom. The SMILES string of the molecule is c1ccc(C2(c3ccccc3)c3ccccc3-c3c(-c4cccc(N(c5ccc(-c6ccc(-c7ccc8ccccc8c7)cc6)cc5)c5cccc6ccccc56)c4)cccc32)cc1. The molecule has 0 saturated carbocycles. The van der Waals surface area contributed by atoms with Crippen molar-refractivity contribution in [3.63, 3.8) is 0 Å². The minimum absolute atomic E-state index is 0.463. The number of fused-ring (bicyclic) bond motifs is 5. The smallest absolute Gasteiger partial charge is 0.0713 e. The molecule has 1 aliphatic rings. The minimum atomic E-state index is -0.463. The van der Waals surface area contributed by atoms with Crippen LogP contribution in [0.4, 0.5) is 17.1 Å². The van der Waals surface area contributed by atoms with Gasteiger partial charge in [-0.05, 0) is 119 Å². The van der Waals surface area contributed by atoms with Gasteiger partial charge in [0.25, 0.3) is 0 Å². The Kier molecular flexibility index (Phi) is 9.13. The summed E-state index contributed by atoms with van der Waals surface area (Å²) in [6.07, 6.45) is 0. The van der Waals surface area contributed by atoms with Crippen LogP contribution in [0.3, 0.4) is 0 Å². The summed E-state index contributed by atoms with van der Waals surface area (Å²) in [6, 6.07) is 95.8. The van der Waals surface area contributed by atoms with Crippen LogP contribution >= 0.6 is 0 Å². The number of hydrogen-bond acceptors (Lipinski definition) is 1.